The molecule has 98 valence electrons. The van der Waals surface area contributed by atoms with Crippen molar-refractivity contribution < 1.29 is 9.47 Å². The molecule has 0 saturated carbocycles. The third-order valence-electron chi connectivity index (χ3n) is 2.39. The predicted octanol–water partition coefficient (Wildman–Crippen LogP) is 1.10. The van der Waals surface area contributed by atoms with Crippen LogP contribution in [0.1, 0.15) is 26.7 Å². The molecule has 0 heterocycles. The Morgan fingerprint density at radius 2 is 1.94 bits per heavy atom. The smallest absolute Gasteiger partial charge is 0.0596 e. The van der Waals surface area contributed by atoms with Gasteiger partial charge in [0, 0.05) is 32.8 Å². The lowest BCUT2D eigenvalue weighted by atomic mass is 10.1. The molecule has 16 heavy (non-hydrogen) atoms. The summed E-state index contributed by atoms with van der Waals surface area (Å²) in [5, 5.41) is 0. The number of hydrogen-bond donors (Lipinski definition) is 1. The Kier molecular flexibility index (Phi) is 9.92. The molecular formula is C12H28N2O2. The SMILES string of the molecule is COCCCC(N)CN(C)CCOC(C)C. The van der Waals surface area contributed by atoms with Crippen molar-refractivity contribution in [2.75, 3.05) is 40.5 Å². The van der Waals surface area contributed by atoms with Crippen LogP contribution >= 0.6 is 0 Å². The van der Waals surface area contributed by atoms with Gasteiger partial charge in [0.2, 0.25) is 0 Å². The second-order valence-corrected chi connectivity index (χ2v) is 4.58. The average molecular weight is 232 g/mol. The molecule has 0 fully saturated rings. The van der Waals surface area contributed by atoms with Crippen molar-refractivity contribution in [3.63, 3.8) is 0 Å². The van der Waals surface area contributed by atoms with E-state index < -0.39 is 0 Å². The minimum atomic E-state index is 0.235. The van der Waals surface area contributed by atoms with Crippen LogP contribution in [0, 0.1) is 0 Å². The second kappa shape index (κ2) is 10.0. The lowest BCUT2D eigenvalue weighted by molar-refractivity contribution is 0.0626. The van der Waals surface area contributed by atoms with Gasteiger partial charge in [0.15, 0.2) is 0 Å². The van der Waals surface area contributed by atoms with E-state index in [0.717, 1.165) is 39.1 Å². The number of rotatable bonds is 10. The van der Waals surface area contributed by atoms with E-state index in [1.54, 1.807) is 7.11 Å². The van der Waals surface area contributed by atoms with Crippen LogP contribution in [0.3, 0.4) is 0 Å². The van der Waals surface area contributed by atoms with E-state index in [1.165, 1.54) is 0 Å². The van der Waals surface area contributed by atoms with Gasteiger partial charge in [-0.1, -0.05) is 0 Å². The lowest BCUT2D eigenvalue weighted by Crippen LogP contribution is -2.37. The van der Waals surface area contributed by atoms with Crippen LogP contribution in [0.4, 0.5) is 0 Å². The topological polar surface area (TPSA) is 47.7 Å². The summed E-state index contributed by atoms with van der Waals surface area (Å²) in [4.78, 5) is 2.22. The number of nitrogens with two attached hydrogens (primary N) is 1. The molecule has 1 atom stereocenters. The molecular weight excluding hydrogens is 204 g/mol. The maximum absolute atomic E-state index is 6.01. The van der Waals surface area contributed by atoms with Gasteiger partial charge >= 0.3 is 0 Å². The van der Waals surface area contributed by atoms with Crippen LogP contribution in [0.2, 0.25) is 0 Å². The molecule has 0 aliphatic rings. The highest BCUT2D eigenvalue weighted by Gasteiger charge is 2.06. The molecule has 0 aromatic rings. The van der Waals surface area contributed by atoms with E-state index >= 15 is 0 Å². The Bertz CT molecular complexity index is 154. The Labute approximate surface area is 100 Å². The summed E-state index contributed by atoms with van der Waals surface area (Å²) in [5.41, 5.74) is 6.01. The number of methoxy groups -OCH3 is 1. The molecule has 0 saturated heterocycles. The van der Waals surface area contributed by atoms with Gasteiger partial charge in [-0.2, -0.15) is 0 Å². The summed E-state index contributed by atoms with van der Waals surface area (Å²) in [6, 6.07) is 0.235. The van der Waals surface area contributed by atoms with Gasteiger partial charge in [-0.15, -0.1) is 0 Å². The molecule has 0 aromatic heterocycles. The minimum absolute atomic E-state index is 0.235. The fourth-order valence-corrected chi connectivity index (χ4v) is 1.52. The summed E-state index contributed by atoms with van der Waals surface area (Å²) < 4.78 is 10.5. The van der Waals surface area contributed by atoms with Crippen molar-refractivity contribution in [2.45, 2.75) is 38.8 Å². The van der Waals surface area contributed by atoms with Crippen molar-refractivity contribution in [3.05, 3.63) is 0 Å². The Balaban J connectivity index is 3.42. The van der Waals surface area contributed by atoms with Crippen molar-refractivity contribution in [1.29, 1.82) is 0 Å². The van der Waals surface area contributed by atoms with E-state index in [0.29, 0.717) is 6.10 Å². The predicted molar refractivity (Wildman–Crippen MR) is 67.7 cm³/mol. The monoisotopic (exact) mass is 232 g/mol. The molecule has 0 aliphatic carbocycles. The molecule has 4 nitrogen and oxygen atoms in total. The van der Waals surface area contributed by atoms with Gasteiger partial charge in [0.05, 0.1) is 12.7 Å². The summed E-state index contributed by atoms with van der Waals surface area (Å²) in [5.74, 6) is 0. The Morgan fingerprint density at radius 1 is 1.25 bits per heavy atom. The summed E-state index contributed by atoms with van der Waals surface area (Å²) in [6.45, 7) is 7.54. The summed E-state index contributed by atoms with van der Waals surface area (Å²) in [6.07, 6.45) is 2.36. The average Bonchev–Trinajstić information content (AvgIpc) is 2.17. The first-order chi connectivity index (χ1) is 7.56. The van der Waals surface area contributed by atoms with Crippen LogP contribution < -0.4 is 5.73 Å². The first-order valence-corrected chi connectivity index (χ1v) is 6.11. The van der Waals surface area contributed by atoms with Gasteiger partial charge in [-0.3, -0.25) is 0 Å². The Hall–Kier alpha value is -0.160. The molecule has 0 aliphatic heterocycles. The van der Waals surface area contributed by atoms with Crippen LogP contribution in [0.25, 0.3) is 0 Å². The number of ether oxygens (including phenoxy) is 2. The van der Waals surface area contributed by atoms with E-state index in [1.807, 2.05) is 0 Å². The molecule has 0 aromatic carbocycles. The third-order valence-corrected chi connectivity index (χ3v) is 2.39. The van der Waals surface area contributed by atoms with E-state index in [4.69, 9.17) is 15.2 Å². The summed E-state index contributed by atoms with van der Waals surface area (Å²) >= 11 is 0. The zero-order chi connectivity index (χ0) is 12.4. The molecule has 4 heteroatoms. The van der Waals surface area contributed by atoms with Crippen molar-refractivity contribution in [2.24, 2.45) is 5.73 Å². The molecule has 1 unspecified atom stereocenters. The molecule has 0 rings (SSSR count). The molecule has 0 amide bonds. The van der Waals surface area contributed by atoms with Gasteiger partial charge in [0.25, 0.3) is 0 Å². The normalized spacial score (nSPS) is 13.7. The molecule has 2 N–H and O–H groups in total. The first-order valence-electron chi connectivity index (χ1n) is 6.11. The zero-order valence-electron chi connectivity index (χ0n) is 11.2. The van der Waals surface area contributed by atoms with Gasteiger partial charge in [0.1, 0.15) is 0 Å². The Morgan fingerprint density at radius 3 is 2.50 bits per heavy atom. The van der Waals surface area contributed by atoms with Crippen molar-refractivity contribution in [3.8, 4) is 0 Å². The fourth-order valence-electron chi connectivity index (χ4n) is 1.52. The standard InChI is InChI=1S/C12H28N2O2/c1-11(2)16-9-7-14(3)10-12(13)6-5-8-15-4/h11-12H,5-10,13H2,1-4H3. The highest BCUT2D eigenvalue weighted by Crippen LogP contribution is 1.97. The van der Waals surface area contributed by atoms with Crippen LogP contribution in [-0.2, 0) is 9.47 Å². The molecule has 0 bridgehead atoms. The molecule has 0 spiro atoms. The van der Waals surface area contributed by atoms with E-state index in [-0.39, 0.29) is 6.04 Å². The van der Waals surface area contributed by atoms with Gasteiger partial charge in [-0.05, 0) is 33.7 Å². The maximum atomic E-state index is 6.01. The summed E-state index contributed by atoms with van der Waals surface area (Å²) in [7, 11) is 3.81. The van der Waals surface area contributed by atoms with Crippen LogP contribution in [-0.4, -0.2) is 57.5 Å². The van der Waals surface area contributed by atoms with Crippen molar-refractivity contribution >= 4 is 0 Å². The quantitative estimate of drug-likeness (QED) is 0.573. The van der Waals surface area contributed by atoms with Gasteiger partial charge < -0.3 is 20.1 Å². The fraction of sp³-hybridized carbons (Fsp3) is 1.00. The van der Waals surface area contributed by atoms with E-state index in [9.17, 15) is 0 Å². The van der Waals surface area contributed by atoms with Gasteiger partial charge in [-0.25, -0.2) is 0 Å². The largest absolute Gasteiger partial charge is 0.385 e. The second-order valence-electron chi connectivity index (χ2n) is 4.58. The first kappa shape index (κ1) is 15.8. The van der Waals surface area contributed by atoms with E-state index in [2.05, 4.69) is 25.8 Å². The third kappa shape index (κ3) is 10.4. The lowest BCUT2D eigenvalue weighted by Gasteiger charge is -2.21. The van der Waals surface area contributed by atoms with Crippen LogP contribution in [0.15, 0.2) is 0 Å². The zero-order valence-corrected chi connectivity index (χ0v) is 11.2. The maximum Gasteiger partial charge on any atom is 0.0596 e. The minimum Gasteiger partial charge on any atom is -0.385 e. The highest BCUT2D eigenvalue weighted by molar-refractivity contribution is 4.66. The number of hydrogen-bond acceptors (Lipinski definition) is 4. The number of likely N-dealkylation sites (N-methyl/N-ethyl adjacent to an activating group) is 1. The highest BCUT2D eigenvalue weighted by atomic mass is 16.5. The number of nitrogens with zero attached hydrogens (tertiary/aromatic N) is 1. The van der Waals surface area contributed by atoms with Crippen LogP contribution in [0.5, 0.6) is 0 Å². The molecule has 0 radical (unpaired) electrons. The van der Waals surface area contributed by atoms with Crippen molar-refractivity contribution in [1.82, 2.24) is 4.90 Å².